The highest BCUT2D eigenvalue weighted by Gasteiger charge is 2.32. The first-order valence-electron chi connectivity index (χ1n) is 6.29. The minimum atomic E-state index is -0.712. The highest BCUT2D eigenvalue weighted by atomic mass is 16.2. The summed E-state index contributed by atoms with van der Waals surface area (Å²) >= 11 is 0. The van der Waals surface area contributed by atoms with Gasteiger partial charge in [0.05, 0.1) is 5.57 Å². The molecule has 0 saturated carbocycles. The maximum Gasteiger partial charge on any atom is 0.257 e. The van der Waals surface area contributed by atoms with Crippen LogP contribution in [0.4, 0.5) is 0 Å². The van der Waals surface area contributed by atoms with Gasteiger partial charge in [0.25, 0.3) is 5.91 Å². The second kappa shape index (κ2) is 5.18. The summed E-state index contributed by atoms with van der Waals surface area (Å²) in [4.78, 5) is 37.7. The maximum atomic E-state index is 12.2. The molecule has 0 saturated heterocycles. The molecule has 0 atom stereocenters. The molecule has 1 aliphatic carbocycles. The quantitative estimate of drug-likeness (QED) is 0.612. The minimum Gasteiger partial charge on any atom is -0.339 e. The third-order valence-electron chi connectivity index (χ3n) is 3.24. The van der Waals surface area contributed by atoms with E-state index in [1.165, 1.54) is 11.0 Å². The number of carbonyl (C=O) groups excluding carboxylic acids is 3. The number of likely N-dealkylation sites (N-methyl/N-ethyl adjacent to an activating group) is 1. The molecule has 2 rings (SSSR count). The van der Waals surface area contributed by atoms with Gasteiger partial charge in [0, 0.05) is 18.7 Å². The van der Waals surface area contributed by atoms with Crippen molar-refractivity contribution in [2.45, 2.75) is 13.8 Å². The lowest BCUT2D eigenvalue weighted by Crippen LogP contribution is -2.37. The Balaban J connectivity index is 2.48. The van der Waals surface area contributed by atoms with Crippen LogP contribution in [0.15, 0.2) is 29.8 Å². The van der Waals surface area contributed by atoms with Gasteiger partial charge in [-0.05, 0) is 25.5 Å². The lowest BCUT2D eigenvalue weighted by Gasteiger charge is -2.21. The Morgan fingerprint density at radius 2 is 1.68 bits per heavy atom. The van der Waals surface area contributed by atoms with Crippen LogP contribution in [0, 0.1) is 0 Å². The predicted octanol–water partition coefficient (Wildman–Crippen LogP) is 1.70. The largest absolute Gasteiger partial charge is 0.339 e. The molecule has 0 fully saturated rings. The van der Waals surface area contributed by atoms with Gasteiger partial charge in [0.1, 0.15) is 0 Å². The summed E-state index contributed by atoms with van der Waals surface area (Å²) in [6.45, 7) is 4.70. The molecule has 1 aromatic carbocycles. The summed E-state index contributed by atoms with van der Waals surface area (Å²) in [5.41, 5.74) is 0.957. The van der Waals surface area contributed by atoms with E-state index < -0.39 is 11.6 Å². The number of ketones is 2. The van der Waals surface area contributed by atoms with E-state index in [1.54, 1.807) is 24.3 Å². The Hall–Kier alpha value is -2.23. The van der Waals surface area contributed by atoms with E-state index >= 15 is 0 Å². The zero-order chi connectivity index (χ0) is 14.0. The highest BCUT2D eigenvalue weighted by Crippen LogP contribution is 2.22. The number of Topliss-reactive ketones (excluding diaryl/α,β-unsaturated/α-hetero) is 2. The highest BCUT2D eigenvalue weighted by molar-refractivity contribution is 6.56. The van der Waals surface area contributed by atoms with E-state index in [4.69, 9.17) is 0 Å². The molecule has 1 amide bonds. The second-order valence-electron chi connectivity index (χ2n) is 4.28. The summed E-state index contributed by atoms with van der Waals surface area (Å²) in [6, 6.07) is 6.81. The molecule has 0 heterocycles. The molecular weight excluding hydrogens is 242 g/mol. The van der Waals surface area contributed by atoms with Gasteiger partial charge in [0.15, 0.2) is 0 Å². The molecule has 98 valence electrons. The summed E-state index contributed by atoms with van der Waals surface area (Å²) in [6.07, 6.45) is 1.51. The van der Waals surface area contributed by atoms with Gasteiger partial charge in [-0.1, -0.05) is 24.3 Å². The SMILES string of the molecule is CCN(CC)C(=O)C1=Cc2ccccc2C(=O)C1=O. The number of fused-ring (bicyclic) bond motifs is 1. The Kier molecular flexibility index (Phi) is 3.60. The second-order valence-corrected chi connectivity index (χ2v) is 4.28. The molecular formula is C15H15NO3. The molecule has 19 heavy (non-hydrogen) atoms. The van der Waals surface area contributed by atoms with Crippen LogP contribution in [-0.4, -0.2) is 35.5 Å². The Morgan fingerprint density at radius 3 is 2.32 bits per heavy atom. The molecule has 0 spiro atoms. The summed E-state index contributed by atoms with van der Waals surface area (Å²) in [5, 5.41) is 0. The summed E-state index contributed by atoms with van der Waals surface area (Å²) in [7, 11) is 0. The van der Waals surface area contributed by atoms with Crippen molar-refractivity contribution in [3.05, 3.63) is 41.0 Å². The molecule has 1 aromatic rings. The number of hydrogen-bond donors (Lipinski definition) is 0. The van der Waals surface area contributed by atoms with Crippen molar-refractivity contribution in [3.63, 3.8) is 0 Å². The van der Waals surface area contributed by atoms with Crippen LogP contribution in [0.1, 0.15) is 29.8 Å². The van der Waals surface area contributed by atoms with Crippen LogP contribution in [0.25, 0.3) is 6.08 Å². The van der Waals surface area contributed by atoms with E-state index in [1.807, 2.05) is 13.8 Å². The summed E-state index contributed by atoms with van der Waals surface area (Å²) < 4.78 is 0. The topological polar surface area (TPSA) is 54.5 Å². The van der Waals surface area contributed by atoms with Crippen molar-refractivity contribution in [1.82, 2.24) is 4.90 Å². The standard InChI is InChI=1S/C15H15NO3/c1-3-16(4-2)15(19)12-9-10-7-5-6-8-11(10)13(17)14(12)18/h5-9H,3-4H2,1-2H3. The molecule has 0 N–H and O–H groups in total. The van der Waals surface area contributed by atoms with E-state index in [0.29, 0.717) is 24.2 Å². The van der Waals surface area contributed by atoms with Gasteiger partial charge in [-0.15, -0.1) is 0 Å². The number of benzene rings is 1. The number of hydrogen-bond acceptors (Lipinski definition) is 3. The van der Waals surface area contributed by atoms with Gasteiger partial charge in [-0.2, -0.15) is 0 Å². The first kappa shape index (κ1) is 13.2. The Labute approximate surface area is 111 Å². The monoisotopic (exact) mass is 257 g/mol. The van der Waals surface area contributed by atoms with Crippen LogP contribution in [0.5, 0.6) is 0 Å². The number of nitrogens with zero attached hydrogens (tertiary/aromatic N) is 1. The van der Waals surface area contributed by atoms with Crippen LogP contribution in [0.3, 0.4) is 0 Å². The molecule has 0 bridgehead atoms. The van der Waals surface area contributed by atoms with E-state index in [-0.39, 0.29) is 11.5 Å². The lowest BCUT2D eigenvalue weighted by atomic mass is 9.89. The van der Waals surface area contributed by atoms with Crippen LogP contribution in [0.2, 0.25) is 0 Å². The van der Waals surface area contributed by atoms with Crippen molar-refractivity contribution >= 4 is 23.5 Å². The zero-order valence-electron chi connectivity index (χ0n) is 11.0. The first-order chi connectivity index (χ1) is 9.10. The van der Waals surface area contributed by atoms with Gasteiger partial charge in [-0.3, -0.25) is 14.4 Å². The minimum absolute atomic E-state index is 0.0348. The fraction of sp³-hybridized carbons (Fsp3) is 0.267. The Bertz CT molecular complexity index is 583. The van der Waals surface area contributed by atoms with Gasteiger partial charge < -0.3 is 4.90 Å². The normalized spacial score (nSPS) is 13.9. The van der Waals surface area contributed by atoms with E-state index in [9.17, 15) is 14.4 Å². The van der Waals surface area contributed by atoms with Gasteiger partial charge in [0.2, 0.25) is 11.6 Å². The van der Waals surface area contributed by atoms with Crippen molar-refractivity contribution in [2.75, 3.05) is 13.1 Å². The lowest BCUT2D eigenvalue weighted by molar-refractivity contribution is -0.128. The molecule has 4 heteroatoms. The molecule has 4 nitrogen and oxygen atoms in total. The zero-order valence-corrected chi connectivity index (χ0v) is 11.0. The number of amides is 1. The predicted molar refractivity (Wildman–Crippen MR) is 71.7 cm³/mol. The van der Waals surface area contributed by atoms with Crippen LogP contribution >= 0.6 is 0 Å². The molecule has 0 aliphatic heterocycles. The first-order valence-corrected chi connectivity index (χ1v) is 6.29. The molecule has 0 radical (unpaired) electrons. The third kappa shape index (κ3) is 2.21. The maximum absolute atomic E-state index is 12.2. The smallest absolute Gasteiger partial charge is 0.257 e. The van der Waals surface area contributed by atoms with E-state index in [0.717, 1.165) is 0 Å². The fourth-order valence-electron chi connectivity index (χ4n) is 2.14. The third-order valence-corrected chi connectivity index (χ3v) is 3.24. The van der Waals surface area contributed by atoms with Crippen LogP contribution in [-0.2, 0) is 9.59 Å². The number of carbonyl (C=O) groups is 3. The molecule has 0 aromatic heterocycles. The fourth-order valence-corrected chi connectivity index (χ4v) is 2.14. The van der Waals surface area contributed by atoms with Crippen molar-refractivity contribution in [1.29, 1.82) is 0 Å². The molecule has 0 unspecified atom stereocenters. The van der Waals surface area contributed by atoms with Crippen molar-refractivity contribution < 1.29 is 14.4 Å². The summed E-state index contributed by atoms with van der Waals surface area (Å²) in [5.74, 6) is -1.69. The van der Waals surface area contributed by atoms with Crippen LogP contribution < -0.4 is 0 Å². The van der Waals surface area contributed by atoms with Crippen molar-refractivity contribution in [3.8, 4) is 0 Å². The van der Waals surface area contributed by atoms with Gasteiger partial charge >= 0.3 is 0 Å². The van der Waals surface area contributed by atoms with Gasteiger partial charge in [-0.25, -0.2) is 0 Å². The average molecular weight is 257 g/mol. The van der Waals surface area contributed by atoms with E-state index in [2.05, 4.69) is 0 Å². The Morgan fingerprint density at radius 1 is 1.05 bits per heavy atom. The average Bonchev–Trinajstić information content (AvgIpc) is 2.44. The molecule has 1 aliphatic rings. The van der Waals surface area contributed by atoms with Crippen molar-refractivity contribution in [2.24, 2.45) is 0 Å². The number of rotatable bonds is 3.